The average molecular weight is 500 g/mol. The molecule has 0 aliphatic carbocycles. The van der Waals surface area contributed by atoms with Crippen molar-refractivity contribution in [2.45, 2.75) is 51.5 Å². The van der Waals surface area contributed by atoms with E-state index in [4.69, 9.17) is 0 Å². The molecular weight excluding hydrogens is 465 g/mol. The van der Waals surface area contributed by atoms with Crippen LogP contribution in [-0.2, 0) is 13.5 Å². The zero-order valence-electron chi connectivity index (χ0n) is 21.0. The van der Waals surface area contributed by atoms with Crippen LogP contribution in [0.4, 0.5) is 14.9 Å². The molecule has 0 saturated heterocycles. The van der Waals surface area contributed by atoms with Gasteiger partial charge in [0, 0.05) is 30.9 Å². The van der Waals surface area contributed by atoms with Crippen LogP contribution in [0.3, 0.4) is 0 Å². The summed E-state index contributed by atoms with van der Waals surface area (Å²) in [4.78, 5) is 14.5. The molecule has 4 N–H and O–H groups in total. The maximum absolute atomic E-state index is 13.1. The molecule has 1 aromatic heterocycles. The summed E-state index contributed by atoms with van der Waals surface area (Å²) < 4.78 is 14.7. The van der Waals surface area contributed by atoms with Gasteiger partial charge in [-0.05, 0) is 67.1 Å². The Balaban J connectivity index is 1.52. The van der Waals surface area contributed by atoms with E-state index in [1.807, 2.05) is 24.8 Å². The molecule has 0 bridgehead atoms. The van der Waals surface area contributed by atoms with Gasteiger partial charge in [-0.2, -0.15) is 0 Å². The number of likely N-dealkylation sites (N-methyl/N-ethyl adjacent to an activating group) is 1. The van der Waals surface area contributed by atoms with Gasteiger partial charge in [-0.25, -0.2) is 13.9 Å². The van der Waals surface area contributed by atoms with Crippen molar-refractivity contribution in [1.29, 1.82) is 0 Å². The quantitative estimate of drug-likeness (QED) is 0.318. The van der Waals surface area contributed by atoms with Crippen molar-refractivity contribution in [2.75, 3.05) is 18.4 Å². The smallest absolute Gasteiger partial charge is 0.319 e. The number of aliphatic hydroxyl groups is 2. The number of tetrazole rings is 1. The number of aliphatic hydroxyl groups excluding tert-OH is 2. The second-order valence-corrected chi connectivity index (χ2v) is 8.89. The third-order valence-corrected chi connectivity index (χ3v) is 6.25. The molecule has 1 heterocycles. The first-order chi connectivity index (χ1) is 17.2. The van der Waals surface area contributed by atoms with Crippen LogP contribution in [0, 0.1) is 5.82 Å². The van der Waals surface area contributed by atoms with Crippen molar-refractivity contribution in [3.8, 4) is 11.4 Å². The Labute approximate surface area is 210 Å². The van der Waals surface area contributed by atoms with E-state index in [1.165, 1.54) is 16.8 Å². The number of anilines is 1. The molecule has 2 amide bonds. The van der Waals surface area contributed by atoms with Crippen molar-refractivity contribution in [1.82, 2.24) is 30.4 Å². The zero-order chi connectivity index (χ0) is 26.2. The van der Waals surface area contributed by atoms with Crippen LogP contribution in [0.2, 0.25) is 0 Å². The number of halogens is 1. The number of nitrogens with one attached hydrogen (secondary N) is 2. The molecule has 0 aliphatic rings. The summed E-state index contributed by atoms with van der Waals surface area (Å²) in [5.41, 5.74) is 2.14. The zero-order valence-corrected chi connectivity index (χ0v) is 21.0. The lowest BCUT2D eigenvalue weighted by molar-refractivity contribution is 0.0228. The fraction of sp³-hybridized carbons (Fsp3) is 0.440. The van der Waals surface area contributed by atoms with Crippen LogP contribution in [0.15, 0.2) is 48.5 Å². The molecule has 36 heavy (non-hydrogen) atoms. The lowest BCUT2D eigenvalue weighted by Crippen LogP contribution is -2.51. The minimum absolute atomic E-state index is 0.256. The number of carbonyl (C=O) groups excluding carboxylic acids is 1. The standard InChI is InChI=1S/C25H34FN7O3/c1-5-33(17(3)22(34)13-18-9-11-20(26)12-10-18)15-23(35)16(2)27-25(36)28-21-8-6-7-19(14-21)24-29-30-31-32(24)4/h6-12,14,16-17,22-23,34-35H,5,13,15H2,1-4H3,(H2,27,28,36)/t16-,17+,22-,23+/m1/s1. The van der Waals surface area contributed by atoms with E-state index in [0.717, 1.165) is 11.1 Å². The lowest BCUT2D eigenvalue weighted by atomic mass is 10.0. The Kier molecular flexibility index (Phi) is 9.45. The first-order valence-corrected chi connectivity index (χ1v) is 11.9. The number of amides is 2. The summed E-state index contributed by atoms with van der Waals surface area (Å²) in [5, 5.41) is 38.4. The molecule has 0 unspecified atom stereocenters. The summed E-state index contributed by atoms with van der Waals surface area (Å²) in [6, 6.07) is 11.9. The van der Waals surface area contributed by atoms with Gasteiger partial charge in [0.2, 0.25) is 0 Å². The molecule has 0 saturated carbocycles. The number of benzene rings is 2. The van der Waals surface area contributed by atoms with Gasteiger partial charge in [-0.15, -0.1) is 5.10 Å². The summed E-state index contributed by atoms with van der Waals surface area (Å²) in [6.07, 6.45) is -1.20. The Morgan fingerprint density at radius 2 is 1.86 bits per heavy atom. The third kappa shape index (κ3) is 7.30. The topological polar surface area (TPSA) is 128 Å². The number of hydrogen-bond donors (Lipinski definition) is 4. The van der Waals surface area contributed by atoms with Crippen molar-refractivity contribution < 1.29 is 19.4 Å². The Morgan fingerprint density at radius 3 is 2.50 bits per heavy atom. The Morgan fingerprint density at radius 1 is 1.14 bits per heavy atom. The molecule has 0 spiro atoms. The second kappa shape index (κ2) is 12.5. The molecule has 2 aromatic carbocycles. The third-order valence-electron chi connectivity index (χ3n) is 6.25. The monoisotopic (exact) mass is 499 g/mol. The fourth-order valence-electron chi connectivity index (χ4n) is 3.94. The van der Waals surface area contributed by atoms with E-state index in [1.54, 1.807) is 44.3 Å². The summed E-state index contributed by atoms with van der Waals surface area (Å²) >= 11 is 0. The molecule has 11 heteroatoms. The van der Waals surface area contributed by atoms with Gasteiger partial charge in [0.1, 0.15) is 5.82 Å². The summed E-state index contributed by atoms with van der Waals surface area (Å²) in [7, 11) is 1.73. The normalized spacial score (nSPS) is 14.8. The van der Waals surface area contributed by atoms with Gasteiger partial charge >= 0.3 is 6.03 Å². The van der Waals surface area contributed by atoms with Crippen molar-refractivity contribution in [2.24, 2.45) is 7.05 Å². The van der Waals surface area contributed by atoms with Crippen molar-refractivity contribution >= 4 is 11.7 Å². The number of nitrogens with zero attached hydrogens (tertiary/aromatic N) is 5. The van der Waals surface area contributed by atoms with Crippen LogP contribution < -0.4 is 10.6 Å². The minimum Gasteiger partial charge on any atom is -0.391 e. The number of aryl methyl sites for hydroxylation is 1. The van der Waals surface area contributed by atoms with Crippen LogP contribution in [0.5, 0.6) is 0 Å². The van der Waals surface area contributed by atoms with E-state index in [-0.39, 0.29) is 18.4 Å². The van der Waals surface area contributed by atoms with Crippen molar-refractivity contribution in [3.63, 3.8) is 0 Å². The van der Waals surface area contributed by atoms with Gasteiger partial charge in [-0.1, -0.05) is 31.2 Å². The molecule has 3 rings (SSSR count). The largest absolute Gasteiger partial charge is 0.391 e. The van der Waals surface area contributed by atoms with Gasteiger partial charge in [-0.3, -0.25) is 4.90 Å². The Hall–Kier alpha value is -3.41. The van der Waals surface area contributed by atoms with Crippen LogP contribution in [-0.4, -0.2) is 78.7 Å². The average Bonchev–Trinajstić information content (AvgIpc) is 3.29. The van der Waals surface area contributed by atoms with E-state index in [2.05, 4.69) is 26.2 Å². The predicted molar refractivity (Wildman–Crippen MR) is 135 cm³/mol. The van der Waals surface area contributed by atoms with Crippen LogP contribution in [0.25, 0.3) is 11.4 Å². The minimum atomic E-state index is -0.868. The highest BCUT2D eigenvalue weighted by molar-refractivity contribution is 5.90. The predicted octanol–water partition coefficient (Wildman–Crippen LogP) is 2.20. The van der Waals surface area contributed by atoms with Crippen molar-refractivity contribution in [3.05, 3.63) is 59.9 Å². The fourth-order valence-corrected chi connectivity index (χ4v) is 3.94. The molecule has 0 fully saturated rings. The second-order valence-electron chi connectivity index (χ2n) is 8.89. The van der Waals surface area contributed by atoms with Gasteiger partial charge in [0.25, 0.3) is 0 Å². The summed E-state index contributed by atoms with van der Waals surface area (Å²) in [5.74, 6) is 0.249. The number of hydrogen-bond acceptors (Lipinski definition) is 7. The molecule has 3 aromatic rings. The highest BCUT2D eigenvalue weighted by atomic mass is 19.1. The van der Waals surface area contributed by atoms with Gasteiger partial charge < -0.3 is 20.8 Å². The van der Waals surface area contributed by atoms with Gasteiger partial charge in [0.15, 0.2) is 5.82 Å². The molecule has 194 valence electrons. The van der Waals surface area contributed by atoms with E-state index < -0.39 is 24.3 Å². The molecule has 0 radical (unpaired) electrons. The first-order valence-electron chi connectivity index (χ1n) is 11.9. The number of urea groups is 1. The van der Waals surface area contributed by atoms with E-state index in [9.17, 15) is 19.4 Å². The molecular formula is C25H34FN7O3. The highest BCUT2D eigenvalue weighted by Crippen LogP contribution is 2.19. The first kappa shape index (κ1) is 27.2. The van der Waals surface area contributed by atoms with E-state index in [0.29, 0.717) is 24.5 Å². The van der Waals surface area contributed by atoms with Crippen LogP contribution in [0.1, 0.15) is 26.3 Å². The number of carbonyl (C=O) groups is 1. The Bertz CT molecular complexity index is 1120. The maximum Gasteiger partial charge on any atom is 0.319 e. The number of rotatable bonds is 11. The van der Waals surface area contributed by atoms with Crippen LogP contribution >= 0.6 is 0 Å². The lowest BCUT2D eigenvalue weighted by Gasteiger charge is -2.34. The SMILES string of the molecule is CCN(C[C@H](O)[C@@H](C)NC(=O)Nc1cccc(-c2nnnn2C)c1)[C@@H](C)[C@H](O)Cc1ccc(F)cc1. The summed E-state index contributed by atoms with van der Waals surface area (Å²) in [6.45, 7) is 6.40. The molecule has 0 aliphatic heterocycles. The number of aromatic nitrogens is 4. The van der Waals surface area contributed by atoms with E-state index >= 15 is 0 Å². The van der Waals surface area contributed by atoms with Gasteiger partial charge in [0.05, 0.1) is 18.2 Å². The highest BCUT2D eigenvalue weighted by Gasteiger charge is 2.26. The molecule has 4 atom stereocenters. The maximum atomic E-state index is 13.1. The molecule has 10 nitrogen and oxygen atoms in total.